The molecule has 1 heterocycles. The van der Waals surface area contributed by atoms with Crippen molar-refractivity contribution >= 4 is 0 Å². The fourth-order valence-electron chi connectivity index (χ4n) is 2.49. The predicted molar refractivity (Wildman–Crippen MR) is 61.9 cm³/mol. The van der Waals surface area contributed by atoms with Crippen LogP contribution in [-0.2, 0) is 0 Å². The summed E-state index contributed by atoms with van der Waals surface area (Å²) in [5, 5.41) is 12.9. The van der Waals surface area contributed by atoms with Crippen molar-refractivity contribution in [2.45, 2.75) is 57.2 Å². The smallest absolute Gasteiger partial charge is 0.0613 e. The second-order valence-electron chi connectivity index (χ2n) is 5.49. The molecular weight excluding hydrogens is 188 g/mol. The zero-order valence-corrected chi connectivity index (χ0v) is 10.00. The Morgan fingerprint density at radius 3 is 2.33 bits per heavy atom. The van der Waals surface area contributed by atoms with E-state index in [1.165, 1.54) is 25.9 Å². The highest BCUT2D eigenvalue weighted by molar-refractivity contribution is 5.03. The molecule has 0 bridgehead atoms. The number of piperidine rings is 1. The van der Waals surface area contributed by atoms with E-state index in [-0.39, 0.29) is 5.54 Å². The Kier molecular flexibility index (Phi) is 3.33. The third-order valence-electron chi connectivity index (χ3n) is 3.93. The molecule has 88 valence electrons. The monoisotopic (exact) mass is 212 g/mol. The van der Waals surface area contributed by atoms with Gasteiger partial charge >= 0.3 is 0 Å². The molecule has 0 aromatic rings. The molecule has 2 fully saturated rings. The van der Waals surface area contributed by atoms with Gasteiger partial charge in [-0.15, -0.1) is 0 Å². The fraction of sp³-hybridized carbons (Fsp3) is 1.00. The van der Waals surface area contributed by atoms with Crippen molar-refractivity contribution in [1.82, 2.24) is 10.2 Å². The number of likely N-dealkylation sites (tertiary alicyclic amines) is 1. The SMILES string of the molecule is CC(C)N1CCC(NC2(CO)CC2)CC1. The summed E-state index contributed by atoms with van der Waals surface area (Å²) in [5.74, 6) is 0. The Morgan fingerprint density at radius 2 is 1.93 bits per heavy atom. The van der Waals surface area contributed by atoms with Crippen molar-refractivity contribution in [3.05, 3.63) is 0 Å². The summed E-state index contributed by atoms with van der Waals surface area (Å²) in [7, 11) is 0. The first-order chi connectivity index (χ1) is 7.15. The van der Waals surface area contributed by atoms with Crippen LogP contribution in [-0.4, -0.2) is 47.3 Å². The van der Waals surface area contributed by atoms with E-state index in [0.717, 1.165) is 12.8 Å². The van der Waals surface area contributed by atoms with Crippen LogP contribution in [0.3, 0.4) is 0 Å². The van der Waals surface area contributed by atoms with Crippen molar-refractivity contribution in [1.29, 1.82) is 0 Å². The minimum Gasteiger partial charge on any atom is -0.394 e. The van der Waals surface area contributed by atoms with Crippen LogP contribution in [0.4, 0.5) is 0 Å². The second kappa shape index (κ2) is 4.40. The maximum absolute atomic E-state index is 9.25. The summed E-state index contributed by atoms with van der Waals surface area (Å²) < 4.78 is 0. The first kappa shape index (κ1) is 11.4. The molecule has 0 amide bonds. The molecule has 1 aliphatic heterocycles. The number of hydrogen-bond acceptors (Lipinski definition) is 3. The van der Waals surface area contributed by atoms with Crippen LogP contribution in [0.5, 0.6) is 0 Å². The lowest BCUT2D eigenvalue weighted by Gasteiger charge is -2.36. The lowest BCUT2D eigenvalue weighted by atomic mass is 10.0. The average molecular weight is 212 g/mol. The van der Waals surface area contributed by atoms with Gasteiger partial charge in [0.25, 0.3) is 0 Å². The molecule has 3 heteroatoms. The molecule has 0 unspecified atom stereocenters. The maximum Gasteiger partial charge on any atom is 0.0613 e. The van der Waals surface area contributed by atoms with Crippen molar-refractivity contribution in [3.63, 3.8) is 0 Å². The highest BCUT2D eigenvalue weighted by Gasteiger charge is 2.43. The van der Waals surface area contributed by atoms with Crippen LogP contribution in [0, 0.1) is 0 Å². The maximum atomic E-state index is 9.25. The molecule has 0 aromatic heterocycles. The van der Waals surface area contributed by atoms with Crippen LogP contribution >= 0.6 is 0 Å². The number of aliphatic hydroxyl groups excluding tert-OH is 1. The van der Waals surface area contributed by atoms with E-state index in [4.69, 9.17) is 0 Å². The van der Waals surface area contributed by atoms with Crippen LogP contribution in [0.1, 0.15) is 39.5 Å². The van der Waals surface area contributed by atoms with Crippen LogP contribution < -0.4 is 5.32 Å². The molecule has 2 rings (SSSR count). The third kappa shape index (κ3) is 2.71. The van der Waals surface area contributed by atoms with Gasteiger partial charge in [0.05, 0.1) is 6.61 Å². The van der Waals surface area contributed by atoms with Gasteiger partial charge in [0.1, 0.15) is 0 Å². The molecule has 2 N–H and O–H groups in total. The van der Waals surface area contributed by atoms with Crippen LogP contribution in [0.2, 0.25) is 0 Å². The van der Waals surface area contributed by atoms with Crippen LogP contribution in [0.15, 0.2) is 0 Å². The topological polar surface area (TPSA) is 35.5 Å². The van der Waals surface area contributed by atoms with Crippen molar-refractivity contribution in [3.8, 4) is 0 Å². The minimum absolute atomic E-state index is 0.116. The van der Waals surface area contributed by atoms with E-state index in [9.17, 15) is 5.11 Å². The van der Waals surface area contributed by atoms with Gasteiger partial charge in [-0.05, 0) is 52.6 Å². The number of rotatable bonds is 4. The Morgan fingerprint density at radius 1 is 1.33 bits per heavy atom. The van der Waals surface area contributed by atoms with Gasteiger partial charge in [0.15, 0.2) is 0 Å². The van der Waals surface area contributed by atoms with Gasteiger partial charge in [-0.3, -0.25) is 0 Å². The van der Waals surface area contributed by atoms with Crippen LogP contribution in [0.25, 0.3) is 0 Å². The predicted octanol–water partition coefficient (Wildman–Crippen LogP) is 0.974. The molecular formula is C12H24N2O. The average Bonchev–Trinajstić information content (AvgIpc) is 2.99. The van der Waals surface area contributed by atoms with E-state index >= 15 is 0 Å². The van der Waals surface area contributed by atoms with Gasteiger partial charge in [0.2, 0.25) is 0 Å². The normalized spacial score (nSPS) is 27.2. The zero-order chi connectivity index (χ0) is 10.9. The van der Waals surface area contributed by atoms with Gasteiger partial charge in [-0.1, -0.05) is 0 Å². The van der Waals surface area contributed by atoms with Crippen molar-refractivity contribution < 1.29 is 5.11 Å². The van der Waals surface area contributed by atoms with Gasteiger partial charge in [-0.2, -0.15) is 0 Å². The molecule has 0 atom stereocenters. The highest BCUT2D eigenvalue weighted by atomic mass is 16.3. The van der Waals surface area contributed by atoms with E-state index in [2.05, 4.69) is 24.1 Å². The molecule has 1 saturated carbocycles. The Balaban J connectivity index is 1.74. The van der Waals surface area contributed by atoms with Gasteiger partial charge < -0.3 is 15.3 Å². The Hall–Kier alpha value is -0.120. The van der Waals surface area contributed by atoms with Crippen molar-refractivity contribution in [2.75, 3.05) is 19.7 Å². The Labute approximate surface area is 92.8 Å². The number of nitrogens with zero attached hydrogens (tertiary/aromatic N) is 1. The van der Waals surface area contributed by atoms with E-state index in [1.807, 2.05) is 0 Å². The summed E-state index contributed by atoms with van der Waals surface area (Å²) in [6, 6.07) is 1.31. The standard InChI is InChI=1S/C12H24N2O/c1-10(2)14-7-3-11(4-8-14)13-12(9-15)5-6-12/h10-11,13,15H,3-9H2,1-2H3. The minimum atomic E-state index is 0.116. The van der Waals surface area contributed by atoms with E-state index < -0.39 is 0 Å². The van der Waals surface area contributed by atoms with Gasteiger partial charge in [0, 0.05) is 17.6 Å². The highest BCUT2D eigenvalue weighted by Crippen LogP contribution is 2.36. The first-order valence-electron chi connectivity index (χ1n) is 6.28. The number of nitrogens with one attached hydrogen (secondary N) is 1. The van der Waals surface area contributed by atoms with E-state index in [1.54, 1.807) is 0 Å². The summed E-state index contributed by atoms with van der Waals surface area (Å²) >= 11 is 0. The summed E-state index contributed by atoms with van der Waals surface area (Å²) in [6.07, 6.45) is 4.79. The second-order valence-corrected chi connectivity index (χ2v) is 5.49. The molecule has 1 saturated heterocycles. The molecule has 0 radical (unpaired) electrons. The summed E-state index contributed by atoms with van der Waals surface area (Å²) in [6.45, 7) is 7.26. The zero-order valence-electron chi connectivity index (χ0n) is 10.00. The molecule has 3 nitrogen and oxygen atoms in total. The largest absolute Gasteiger partial charge is 0.394 e. The number of aliphatic hydroxyl groups is 1. The lowest BCUT2D eigenvalue weighted by Crippen LogP contribution is -2.49. The third-order valence-corrected chi connectivity index (χ3v) is 3.93. The molecule has 2 aliphatic rings. The van der Waals surface area contributed by atoms with Gasteiger partial charge in [-0.25, -0.2) is 0 Å². The molecule has 0 spiro atoms. The summed E-state index contributed by atoms with van der Waals surface area (Å²) in [4.78, 5) is 2.54. The quantitative estimate of drug-likeness (QED) is 0.729. The lowest BCUT2D eigenvalue weighted by molar-refractivity contribution is 0.142. The number of hydrogen-bond donors (Lipinski definition) is 2. The first-order valence-corrected chi connectivity index (χ1v) is 6.28. The molecule has 1 aliphatic carbocycles. The van der Waals surface area contributed by atoms with Crippen molar-refractivity contribution in [2.24, 2.45) is 0 Å². The molecule has 15 heavy (non-hydrogen) atoms. The molecule has 0 aromatic carbocycles. The fourth-order valence-corrected chi connectivity index (χ4v) is 2.49. The van der Waals surface area contributed by atoms with E-state index in [0.29, 0.717) is 18.7 Å². The summed E-state index contributed by atoms with van der Waals surface area (Å²) in [5.41, 5.74) is 0.116. The Bertz CT molecular complexity index is 206.